The summed E-state index contributed by atoms with van der Waals surface area (Å²) in [5, 5.41) is 0. The number of nitrogens with zero attached hydrogens (tertiary/aromatic N) is 2. The Labute approximate surface area is 160 Å². The number of ketones is 1. The molecule has 1 aromatic rings. The zero-order chi connectivity index (χ0) is 19.3. The Morgan fingerprint density at radius 2 is 1.89 bits per heavy atom. The van der Waals surface area contributed by atoms with E-state index in [1.165, 1.54) is 19.4 Å². The van der Waals surface area contributed by atoms with Crippen LogP contribution in [0.1, 0.15) is 49.4 Å². The van der Waals surface area contributed by atoms with E-state index in [-0.39, 0.29) is 38.3 Å². The van der Waals surface area contributed by atoms with E-state index in [1.807, 2.05) is 17.0 Å². The van der Waals surface area contributed by atoms with Crippen LogP contribution >= 0.6 is 0 Å². The zero-order valence-electron chi connectivity index (χ0n) is 16.1. The molecule has 0 bridgehead atoms. The van der Waals surface area contributed by atoms with Gasteiger partial charge in [0.15, 0.2) is 5.78 Å². The highest BCUT2D eigenvalue weighted by Gasteiger charge is 2.34. The van der Waals surface area contributed by atoms with Crippen molar-refractivity contribution in [2.24, 2.45) is 0 Å². The van der Waals surface area contributed by atoms with Gasteiger partial charge in [0.1, 0.15) is 5.75 Å². The highest BCUT2D eigenvalue weighted by Crippen LogP contribution is 2.27. The van der Waals surface area contributed by atoms with Crippen LogP contribution in [-0.2, 0) is 0 Å². The lowest BCUT2D eigenvalue weighted by Gasteiger charge is -2.31. The van der Waals surface area contributed by atoms with Gasteiger partial charge in [-0.15, -0.1) is 0 Å². The smallest absolute Gasteiger partial charge is 0.250 e. The molecule has 0 aromatic heterocycles. The van der Waals surface area contributed by atoms with Crippen LogP contribution in [0.15, 0.2) is 24.3 Å². The fraction of sp³-hybridized carbons (Fsp3) is 0.667. The second kappa shape index (κ2) is 9.11. The summed E-state index contributed by atoms with van der Waals surface area (Å²) < 4.78 is 32.2. The number of alkyl halides is 2. The Hall–Kier alpha value is -1.53. The van der Waals surface area contributed by atoms with Crippen molar-refractivity contribution in [3.05, 3.63) is 29.8 Å². The standard InChI is InChI=1S/C21H30F2N2O2/c1-17-4-2-11-25(17)12-3-15-27-19-7-5-18(6-8-19)20(26)16-24-13-9-21(22,23)10-14-24/h5-8,17H,2-4,9-16H2,1H3/t17-/m1/s1. The topological polar surface area (TPSA) is 32.8 Å². The number of carbonyl (C=O) groups is 1. The lowest BCUT2D eigenvalue weighted by molar-refractivity contribution is -0.0536. The second-order valence-electron chi connectivity index (χ2n) is 7.81. The Kier molecular flexibility index (Phi) is 6.82. The van der Waals surface area contributed by atoms with Crippen molar-refractivity contribution in [1.82, 2.24) is 9.80 Å². The number of carbonyl (C=O) groups excluding carboxylic acids is 1. The molecule has 0 saturated carbocycles. The van der Waals surface area contributed by atoms with E-state index in [4.69, 9.17) is 4.74 Å². The third-order valence-electron chi connectivity index (χ3n) is 5.68. The second-order valence-corrected chi connectivity index (χ2v) is 7.81. The van der Waals surface area contributed by atoms with Gasteiger partial charge in [0.25, 0.3) is 5.92 Å². The predicted octanol–water partition coefficient (Wildman–Crippen LogP) is 3.85. The zero-order valence-corrected chi connectivity index (χ0v) is 16.1. The molecule has 3 rings (SSSR count). The van der Waals surface area contributed by atoms with Crippen molar-refractivity contribution in [2.45, 2.75) is 51.0 Å². The molecule has 0 amide bonds. The maximum atomic E-state index is 13.2. The maximum Gasteiger partial charge on any atom is 0.250 e. The fourth-order valence-electron chi connectivity index (χ4n) is 3.85. The quantitative estimate of drug-likeness (QED) is 0.507. The van der Waals surface area contributed by atoms with Crippen molar-refractivity contribution in [2.75, 3.05) is 39.3 Å². The van der Waals surface area contributed by atoms with E-state index in [1.54, 1.807) is 12.1 Å². The third kappa shape index (κ3) is 5.98. The lowest BCUT2D eigenvalue weighted by atomic mass is 10.1. The molecular weight excluding hydrogens is 350 g/mol. The van der Waals surface area contributed by atoms with Crippen molar-refractivity contribution >= 4 is 5.78 Å². The van der Waals surface area contributed by atoms with Gasteiger partial charge in [-0.3, -0.25) is 9.69 Å². The largest absolute Gasteiger partial charge is 0.494 e. The minimum absolute atomic E-state index is 0.0326. The van der Waals surface area contributed by atoms with Gasteiger partial charge in [-0.2, -0.15) is 0 Å². The lowest BCUT2D eigenvalue weighted by Crippen LogP contribution is -2.41. The number of piperidine rings is 1. The molecule has 0 spiro atoms. The molecule has 0 radical (unpaired) electrons. The molecule has 0 N–H and O–H groups in total. The first kappa shape index (κ1) is 20.2. The van der Waals surface area contributed by atoms with Gasteiger partial charge in [0.05, 0.1) is 13.2 Å². The Morgan fingerprint density at radius 3 is 2.52 bits per heavy atom. The molecular formula is C21H30F2N2O2. The van der Waals surface area contributed by atoms with E-state index < -0.39 is 5.92 Å². The molecule has 1 atom stereocenters. The number of ether oxygens (including phenoxy) is 1. The summed E-state index contributed by atoms with van der Waals surface area (Å²) in [5.74, 6) is -1.85. The first-order valence-electron chi connectivity index (χ1n) is 10.0. The van der Waals surface area contributed by atoms with Crippen molar-refractivity contribution in [1.29, 1.82) is 0 Å². The third-order valence-corrected chi connectivity index (χ3v) is 5.68. The van der Waals surface area contributed by atoms with Gasteiger partial charge in [-0.1, -0.05) is 0 Å². The van der Waals surface area contributed by atoms with E-state index in [2.05, 4.69) is 11.8 Å². The molecule has 1 aromatic carbocycles. The van der Waals surface area contributed by atoms with E-state index >= 15 is 0 Å². The molecule has 0 unspecified atom stereocenters. The summed E-state index contributed by atoms with van der Waals surface area (Å²) in [5.41, 5.74) is 0.602. The van der Waals surface area contributed by atoms with Gasteiger partial charge in [-0.05, 0) is 57.0 Å². The number of Topliss-reactive ketones (excluding diaryl/α,β-unsaturated/α-hetero) is 1. The van der Waals surface area contributed by atoms with Crippen molar-refractivity contribution < 1.29 is 18.3 Å². The van der Waals surface area contributed by atoms with Gasteiger partial charge < -0.3 is 9.64 Å². The Bertz CT molecular complexity index is 611. The average molecular weight is 380 g/mol. The number of rotatable bonds is 8. The van der Waals surface area contributed by atoms with E-state index in [9.17, 15) is 13.6 Å². The molecule has 6 heteroatoms. The van der Waals surface area contributed by atoms with Gasteiger partial charge in [-0.25, -0.2) is 8.78 Å². The molecule has 27 heavy (non-hydrogen) atoms. The minimum atomic E-state index is -2.58. The SMILES string of the molecule is C[C@@H]1CCCN1CCCOc1ccc(C(=O)CN2CCC(F)(F)CC2)cc1. The first-order chi connectivity index (χ1) is 12.9. The highest BCUT2D eigenvalue weighted by molar-refractivity contribution is 5.97. The van der Waals surface area contributed by atoms with Crippen LogP contribution in [0.5, 0.6) is 5.75 Å². The average Bonchev–Trinajstić information content (AvgIpc) is 3.06. The molecule has 150 valence electrons. The van der Waals surface area contributed by atoms with Crippen LogP contribution in [0.4, 0.5) is 8.78 Å². The number of hydrogen-bond acceptors (Lipinski definition) is 4. The molecule has 2 heterocycles. The van der Waals surface area contributed by atoms with Crippen LogP contribution in [0, 0.1) is 0 Å². The van der Waals surface area contributed by atoms with Gasteiger partial charge in [0.2, 0.25) is 0 Å². The molecule has 2 aliphatic heterocycles. The number of halogens is 2. The van der Waals surface area contributed by atoms with E-state index in [0.29, 0.717) is 18.2 Å². The molecule has 2 fully saturated rings. The van der Waals surface area contributed by atoms with Crippen LogP contribution in [-0.4, -0.2) is 66.9 Å². The normalized spacial score (nSPS) is 23.4. The Balaban J connectivity index is 1.38. The van der Waals surface area contributed by atoms with Crippen LogP contribution in [0.3, 0.4) is 0 Å². The van der Waals surface area contributed by atoms with Crippen LogP contribution in [0.2, 0.25) is 0 Å². The van der Waals surface area contributed by atoms with Crippen LogP contribution in [0.25, 0.3) is 0 Å². The first-order valence-corrected chi connectivity index (χ1v) is 10.0. The summed E-state index contributed by atoms with van der Waals surface area (Å²) in [4.78, 5) is 16.7. The van der Waals surface area contributed by atoms with Crippen molar-refractivity contribution in [3.63, 3.8) is 0 Å². The maximum absolute atomic E-state index is 13.2. The molecule has 4 nitrogen and oxygen atoms in total. The molecule has 2 aliphatic rings. The monoisotopic (exact) mass is 380 g/mol. The molecule has 0 aliphatic carbocycles. The summed E-state index contributed by atoms with van der Waals surface area (Å²) in [6, 6.07) is 7.84. The summed E-state index contributed by atoms with van der Waals surface area (Å²) in [6.45, 7) is 5.94. The fourth-order valence-corrected chi connectivity index (χ4v) is 3.85. The summed E-state index contributed by atoms with van der Waals surface area (Å²) in [6.07, 6.45) is 3.24. The Morgan fingerprint density at radius 1 is 1.19 bits per heavy atom. The van der Waals surface area contributed by atoms with Crippen molar-refractivity contribution in [3.8, 4) is 5.75 Å². The number of benzene rings is 1. The minimum Gasteiger partial charge on any atom is -0.494 e. The van der Waals surface area contributed by atoms with Gasteiger partial charge >= 0.3 is 0 Å². The number of likely N-dealkylation sites (tertiary alicyclic amines) is 2. The van der Waals surface area contributed by atoms with Crippen LogP contribution < -0.4 is 4.74 Å². The molecule has 2 saturated heterocycles. The predicted molar refractivity (Wildman–Crippen MR) is 102 cm³/mol. The van der Waals surface area contributed by atoms with E-state index in [0.717, 1.165) is 18.7 Å². The highest BCUT2D eigenvalue weighted by atomic mass is 19.3. The summed E-state index contributed by atoms with van der Waals surface area (Å²) >= 11 is 0. The van der Waals surface area contributed by atoms with Gasteiger partial charge in [0, 0.05) is 44.1 Å². The number of hydrogen-bond donors (Lipinski definition) is 0. The summed E-state index contributed by atoms with van der Waals surface area (Å²) in [7, 11) is 0.